The van der Waals surface area contributed by atoms with Gasteiger partial charge in [-0.3, -0.25) is 10.1 Å². The van der Waals surface area contributed by atoms with Gasteiger partial charge in [-0.1, -0.05) is 6.92 Å². The summed E-state index contributed by atoms with van der Waals surface area (Å²) in [5.74, 6) is -0.00380. The fourth-order valence-corrected chi connectivity index (χ4v) is 3.02. The summed E-state index contributed by atoms with van der Waals surface area (Å²) in [6, 6.07) is 2.63. The van der Waals surface area contributed by atoms with Gasteiger partial charge >= 0.3 is 0 Å². The second-order valence-corrected chi connectivity index (χ2v) is 5.68. The van der Waals surface area contributed by atoms with Crippen LogP contribution in [0.1, 0.15) is 13.3 Å². The molecule has 1 unspecified atom stereocenters. The summed E-state index contributed by atoms with van der Waals surface area (Å²) in [5.41, 5.74) is -0.358. The van der Waals surface area contributed by atoms with Crippen molar-refractivity contribution >= 4 is 15.7 Å². The highest BCUT2D eigenvalue weighted by atomic mass is 32.2. The van der Waals surface area contributed by atoms with Gasteiger partial charge in [0.1, 0.15) is 10.6 Å². The predicted octanol–water partition coefficient (Wildman–Crippen LogP) is 0.653. The minimum Gasteiger partial charge on any atom is -0.495 e. The van der Waals surface area contributed by atoms with Gasteiger partial charge in [-0.2, -0.15) is 0 Å². The fraction of sp³-hybridized carbons (Fsp3) is 0.455. The molecule has 0 aliphatic rings. The minimum atomic E-state index is -4.02. The van der Waals surface area contributed by atoms with E-state index in [-0.39, 0.29) is 22.9 Å². The highest BCUT2D eigenvalue weighted by molar-refractivity contribution is 7.89. The largest absolute Gasteiger partial charge is 0.495 e. The summed E-state index contributed by atoms with van der Waals surface area (Å²) >= 11 is 0. The molecular weight excluding hydrogens is 288 g/mol. The van der Waals surface area contributed by atoms with Crippen LogP contribution in [0, 0.1) is 10.1 Å². The van der Waals surface area contributed by atoms with Gasteiger partial charge in [0, 0.05) is 18.2 Å². The van der Waals surface area contributed by atoms with Gasteiger partial charge < -0.3 is 9.84 Å². The highest BCUT2D eigenvalue weighted by Gasteiger charge is 2.25. The van der Waals surface area contributed by atoms with E-state index in [1.807, 2.05) is 0 Å². The highest BCUT2D eigenvalue weighted by Crippen LogP contribution is 2.28. The van der Waals surface area contributed by atoms with Gasteiger partial charge in [0.15, 0.2) is 0 Å². The lowest BCUT2D eigenvalue weighted by Crippen LogP contribution is -2.37. The summed E-state index contributed by atoms with van der Waals surface area (Å²) in [5, 5.41) is 19.8. The number of benzene rings is 1. The normalized spacial score (nSPS) is 12.9. The first-order valence-electron chi connectivity index (χ1n) is 5.81. The van der Waals surface area contributed by atoms with Crippen LogP contribution in [0.15, 0.2) is 23.1 Å². The van der Waals surface area contributed by atoms with Crippen molar-refractivity contribution in [3.8, 4) is 5.75 Å². The molecule has 0 aromatic heterocycles. The van der Waals surface area contributed by atoms with Gasteiger partial charge in [-0.05, 0) is 12.5 Å². The number of hydrogen-bond acceptors (Lipinski definition) is 6. The molecule has 0 aliphatic carbocycles. The zero-order chi connectivity index (χ0) is 15.3. The predicted molar refractivity (Wildman–Crippen MR) is 71.1 cm³/mol. The first-order valence-corrected chi connectivity index (χ1v) is 7.29. The Bertz CT molecular complexity index is 583. The van der Waals surface area contributed by atoms with Crippen LogP contribution in [0.25, 0.3) is 0 Å². The molecule has 1 atom stereocenters. The molecule has 0 heterocycles. The topological polar surface area (TPSA) is 119 Å². The zero-order valence-corrected chi connectivity index (χ0v) is 11.9. The Kier molecular flexibility index (Phi) is 5.43. The summed E-state index contributed by atoms with van der Waals surface area (Å²) in [7, 11) is -2.75. The maximum absolute atomic E-state index is 12.2. The Balaban J connectivity index is 3.28. The maximum atomic E-state index is 12.2. The number of rotatable bonds is 7. The van der Waals surface area contributed by atoms with Crippen molar-refractivity contribution in [1.82, 2.24) is 4.72 Å². The van der Waals surface area contributed by atoms with E-state index in [1.165, 1.54) is 13.2 Å². The molecule has 1 aromatic rings. The molecule has 0 aliphatic heterocycles. The molecule has 0 radical (unpaired) electrons. The number of aliphatic hydroxyl groups is 1. The van der Waals surface area contributed by atoms with E-state index in [4.69, 9.17) is 9.84 Å². The molecule has 9 heteroatoms. The van der Waals surface area contributed by atoms with E-state index >= 15 is 0 Å². The van der Waals surface area contributed by atoms with E-state index in [1.54, 1.807) is 6.92 Å². The van der Waals surface area contributed by atoms with Crippen molar-refractivity contribution in [1.29, 1.82) is 0 Å². The zero-order valence-electron chi connectivity index (χ0n) is 11.1. The number of aliphatic hydroxyl groups excluding tert-OH is 1. The van der Waals surface area contributed by atoms with Crippen molar-refractivity contribution in [3.05, 3.63) is 28.3 Å². The number of nitro benzene ring substituents is 1. The molecule has 8 nitrogen and oxygen atoms in total. The smallest absolute Gasteiger partial charge is 0.271 e. The number of hydrogen-bond donors (Lipinski definition) is 2. The average molecular weight is 304 g/mol. The third kappa shape index (κ3) is 3.65. The monoisotopic (exact) mass is 304 g/mol. The van der Waals surface area contributed by atoms with Crippen molar-refractivity contribution in [2.45, 2.75) is 24.3 Å². The second kappa shape index (κ2) is 6.64. The summed E-state index contributed by atoms with van der Waals surface area (Å²) in [4.78, 5) is 9.70. The van der Waals surface area contributed by atoms with Crippen LogP contribution in [0.2, 0.25) is 0 Å². The number of sulfonamides is 1. The van der Waals surface area contributed by atoms with Gasteiger partial charge in [-0.25, -0.2) is 13.1 Å². The first kappa shape index (κ1) is 16.3. The number of nitro groups is 1. The van der Waals surface area contributed by atoms with Crippen LogP contribution < -0.4 is 9.46 Å². The standard InChI is InChI=1S/C11H16N2O6S/c1-3-8(7-14)12-20(17,18)11-6-9(13(15)16)4-5-10(11)19-2/h4-6,8,12,14H,3,7H2,1-2H3. The Labute approximate surface area is 116 Å². The Morgan fingerprint density at radius 3 is 2.60 bits per heavy atom. The molecule has 0 spiro atoms. The quantitative estimate of drug-likeness (QED) is 0.564. The van der Waals surface area contributed by atoms with Gasteiger partial charge in [0.05, 0.1) is 18.6 Å². The maximum Gasteiger partial charge on any atom is 0.271 e. The van der Waals surface area contributed by atoms with Crippen LogP contribution in [0.4, 0.5) is 5.69 Å². The first-order chi connectivity index (χ1) is 9.35. The Morgan fingerprint density at radius 2 is 2.15 bits per heavy atom. The average Bonchev–Trinajstić information content (AvgIpc) is 2.43. The van der Waals surface area contributed by atoms with E-state index < -0.39 is 21.0 Å². The molecule has 1 aromatic carbocycles. The summed E-state index contributed by atoms with van der Waals surface area (Å²) in [6.07, 6.45) is 0.382. The second-order valence-electron chi connectivity index (χ2n) is 4.00. The van der Waals surface area contributed by atoms with Crippen molar-refractivity contribution < 1.29 is 23.2 Å². The third-order valence-corrected chi connectivity index (χ3v) is 4.22. The molecule has 1 rings (SSSR count). The number of non-ortho nitro benzene ring substituents is 1. The molecule has 20 heavy (non-hydrogen) atoms. The van der Waals surface area contributed by atoms with E-state index in [0.717, 1.165) is 12.1 Å². The minimum absolute atomic E-state index is 0.00380. The van der Waals surface area contributed by atoms with Gasteiger partial charge in [-0.15, -0.1) is 0 Å². The fourth-order valence-electron chi connectivity index (χ4n) is 1.52. The van der Waals surface area contributed by atoms with Crippen LogP contribution in [-0.4, -0.2) is 38.2 Å². The third-order valence-electron chi connectivity index (χ3n) is 2.68. The summed E-state index contributed by atoms with van der Waals surface area (Å²) in [6.45, 7) is 1.33. The number of methoxy groups -OCH3 is 1. The number of ether oxygens (including phenoxy) is 1. The van der Waals surface area contributed by atoms with E-state index in [2.05, 4.69) is 4.72 Å². The lowest BCUT2D eigenvalue weighted by Gasteiger charge is -2.15. The van der Waals surface area contributed by atoms with Crippen molar-refractivity contribution in [2.75, 3.05) is 13.7 Å². The lowest BCUT2D eigenvalue weighted by molar-refractivity contribution is -0.385. The Hall–Kier alpha value is -1.71. The van der Waals surface area contributed by atoms with Crippen molar-refractivity contribution in [3.63, 3.8) is 0 Å². The molecule has 2 N–H and O–H groups in total. The van der Waals surface area contributed by atoms with Crippen LogP contribution in [-0.2, 0) is 10.0 Å². The molecule has 0 saturated carbocycles. The number of nitrogens with zero attached hydrogens (tertiary/aromatic N) is 1. The molecular formula is C11H16N2O6S. The van der Waals surface area contributed by atoms with Gasteiger partial charge in [0.2, 0.25) is 10.0 Å². The van der Waals surface area contributed by atoms with Crippen LogP contribution in [0.3, 0.4) is 0 Å². The molecule has 0 saturated heterocycles. The van der Waals surface area contributed by atoms with Gasteiger partial charge in [0.25, 0.3) is 5.69 Å². The number of nitrogens with one attached hydrogen (secondary N) is 1. The summed E-state index contributed by atoms with van der Waals surface area (Å²) < 4.78 is 31.6. The van der Waals surface area contributed by atoms with Crippen molar-refractivity contribution in [2.24, 2.45) is 0 Å². The van der Waals surface area contributed by atoms with Crippen LogP contribution >= 0.6 is 0 Å². The van der Waals surface area contributed by atoms with Crippen LogP contribution in [0.5, 0.6) is 5.75 Å². The molecule has 0 amide bonds. The molecule has 112 valence electrons. The van der Waals surface area contributed by atoms with E-state index in [9.17, 15) is 18.5 Å². The molecule has 0 fully saturated rings. The SMILES string of the molecule is CCC(CO)NS(=O)(=O)c1cc([N+](=O)[O-])ccc1OC. The Morgan fingerprint density at radius 1 is 1.50 bits per heavy atom. The lowest BCUT2D eigenvalue weighted by atomic mass is 10.3. The molecule has 0 bridgehead atoms. The van der Waals surface area contributed by atoms with E-state index in [0.29, 0.717) is 6.42 Å².